The molecule has 0 saturated heterocycles. The molecule has 3 N–H and O–H groups in total. The van der Waals surface area contributed by atoms with Crippen LogP contribution in [-0.2, 0) is 16.0 Å². The van der Waals surface area contributed by atoms with Gasteiger partial charge in [0.25, 0.3) is 0 Å². The summed E-state index contributed by atoms with van der Waals surface area (Å²) < 4.78 is 0. The van der Waals surface area contributed by atoms with Gasteiger partial charge in [-0.15, -0.1) is 0 Å². The van der Waals surface area contributed by atoms with E-state index in [1.807, 2.05) is 6.07 Å². The highest BCUT2D eigenvalue weighted by atomic mass is 16.4. The first-order chi connectivity index (χ1) is 10.5. The summed E-state index contributed by atoms with van der Waals surface area (Å²) in [6.07, 6.45) is 0.0919. The first kappa shape index (κ1) is 15.6. The molecule has 0 spiro atoms. The maximum Gasteiger partial charge on any atom is 0.316 e. The molecule has 2 aromatic rings. The molecule has 22 heavy (non-hydrogen) atoms. The number of benzene rings is 2. The molecular formula is C17H17NO4. The molecule has 1 atom stereocenters. The molecule has 114 valence electrons. The maximum atomic E-state index is 12.3. The van der Waals surface area contributed by atoms with Crippen LogP contribution in [0.4, 0.5) is 5.69 Å². The molecule has 2 aromatic carbocycles. The van der Waals surface area contributed by atoms with Crippen molar-refractivity contribution >= 4 is 17.6 Å². The molecule has 2 rings (SSSR count). The number of aryl methyl sites for hydroxylation is 1. The zero-order valence-corrected chi connectivity index (χ0v) is 12.1. The molecule has 0 radical (unpaired) electrons. The van der Waals surface area contributed by atoms with Crippen LogP contribution in [-0.4, -0.2) is 22.1 Å². The largest absolute Gasteiger partial charge is 0.506 e. The average molecular weight is 299 g/mol. The Bertz CT molecular complexity index is 662. The third-order valence-electron chi connectivity index (χ3n) is 3.40. The molecule has 5 nitrogen and oxygen atoms in total. The second-order valence-corrected chi connectivity index (χ2v) is 5.04. The Morgan fingerprint density at radius 3 is 2.36 bits per heavy atom. The lowest BCUT2D eigenvalue weighted by atomic mass is 9.98. The van der Waals surface area contributed by atoms with Gasteiger partial charge in [0.1, 0.15) is 11.7 Å². The van der Waals surface area contributed by atoms with E-state index in [9.17, 15) is 19.8 Å². The number of carbonyl (C=O) groups excluding carboxylic acids is 1. The number of nitrogens with one attached hydrogen (secondary N) is 1. The number of carboxylic acid groups (broad SMARTS) is 1. The van der Waals surface area contributed by atoms with Crippen LogP contribution in [0.25, 0.3) is 0 Å². The number of phenols is 1. The van der Waals surface area contributed by atoms with E-state index in [1.165, 1.54) is 6.07 Å². The van der Waals surface area contributed by atoms with Gasteiger partial charge in [-0.2, -0.15) is 0 Å². The summed E-state index contributed by atoms with van der Waals surface area (Å²) >= 11 is 0. The highest BCUT2D eigenvalue weighted by Crippen LogP contribution is 2.27. The summed E-state index contributed by atoms with van der Waals surface area (Å²) in [6.45, 7) is 1.72. The van der Waals surface area contributed by atoms with Crippen LogP contribution >= 0.6 is 0 Å². The van der Waals surface area contributed by atoms with Crippen LogP contribution < -0.4 is 5.32 Å². The first-order valence-electron chi connectivity index (χ1n) is 6.85. The van der Waals surface area contributed by atoms with Crippen LogP contribution in [0.1, 0.15) is 11.1 Å². The van der Waals surface area contributed by atoms with Crippen LogP contribution in [0.15, 0.2) is 48.5 Å². The molecular weight excluding hydrogens is 282 g/mol. The van der Waals surface area contributed by atoms with E-state index in [0.29, 0.717) is 5.56 Å². The third kappa shape index (κ3) is 3.63. The Labute approximate surface area is 128 Å². The molecule has 0 heterocycles. The Morgan fingerprint density at radius 1 is 1.09 bits per heavy atom. The van der Waals surface area contributed by atoms with Gasteiger partial charge in [0.15, 0.2) is 0 Å². The van der Waals surface area contributed by atoms with Crippen LogP contribution in [0, 0.1) is 12.8 Å². The summed E-state index contributed by atoms with van der Waals surface area (Å²) in [7, 11) is 0. The summed E-state index contributed by atoms with van der Waals surface area (Å²) in [6, 6.07) is 13.8. The van der Waals surface area contributed by atoms with Crippen molar-refractivity contribution < 1.29 is 19.8 Å². The molecule has 0 aliphatic heterocycles. The number of para-hydroxylation sites is 1. The van der Waals surface area contributed by atoms with E-state index in [0.717, 1.165) is 5.56 Å². The minimum atomic E-state index is -1.22. The summed E-state index contributed by atoms with van der Waals surface area (Å²) in [4.78, 5) is 23.6. The van der Waals surface area contributed by atoms with Gasteiger partial charge in [-0.3, -0.25) is 9.59 Å². The van der Waals surface area contributed by atoms with Crippen molar-refractivity contribution in [2.24, 2.45) is 5.92 Å². The van der Waals surface area contributed by atoms with E-state index >= 15 is 0 Å². The number of aromatic hydroxyl groups is 1. The minimum absolute atomic E-state index is 0.0859. The highest BCUT2D eigenvalue weighted by Gasteiger charge is 2.27. The standard InChI is InChI=1S/C17H17NO4/c1-11-6-5-9-14(19)15(11)18-16(20)13(17(21)22)10-12-7-3-2-4-8-12/h2-9,13,19H,10H2,1H3,(H,18,20)(H,21,22). The SMILES string of the molecule is Cc1cccc(O)c1NC(=O)C(Cc1ccccc1)C(=O)O. The van der Waals surface area contributed by atoms with Crippen molar-refractivity contribution in [2.75, 3.05) is 5.32 Å². The van der Waals surface area contributed by atoms with E-state index < -0.39 is 17.8 Å². The van der Waals surface area contributed by atoms with E-state index in [2.05, 4.69) is 5.32 Å². The molecule has 0 fully saturated rings. The van der Waals surface area contributed by atoms with E-state index in [1.54, 1.807) is 43.3 Å². The molecule has 1 amide bonds. The Balaban J connectivity index is 2.19. The summed E-state index contributed by atoms with van der Waals surface area (Å²) in [5, 5.41) is 21.6. The number of phenolic OH excluding ortho intramolecular Hbond substituents is 1. The Hall–Kier alpha value is -2.82. The van der Waals surface area contributed by atoms with Crippen molar-refractivity contribution in [3.8, 4) is 5.75 Å². The van der Waals surface area contributed by atoms with Crippen LogP contribution in [0.5, 0.6) is 5.75 Å². The van der Waals surface area contributed by atoms with Gasteiger partial charge in [0.05, 0.1) is 5.69 Å². The van der Waals surface area contributed by atoms with Crippen molar-refractivity contribution in [1.29, 1.82) is 0 Å². The second kappa shape index (κ2) is 6.76. The molecule has 1 unspecified atom stereocenters. The number of hydrogen-bond acceptors (Lipinski definition) is 3. The summed E-state index contributed by atoms with van der Waals surface area (Å²) in [5.41, 5.74) is 1.67. The van der Waals surface area contributed by atoms with Crippen LogP contribution in [0.2, 0.25) is 0 Å². The number of rotatable bonds is 5. The van der Waals surface area contributed by atoms with E-state index in [-0.39, 0.29) is 17.9 Å². The minimum Gasteiger partial charge on any atom is -0.506 e. The first-order valence-corrected chi connectivity index (χ1v) is 6.85. The Morgan fingerprint density at radius 2 is 1.77 bits per heavy atom. The fourth-order valence-corrected chi connectivity index (χ4v) is 2.17. The number of carbonyl (C=O) groups is 2. The molecule has 5 heteroatoms. The smallest absolute Gasteiger partial charge is 0.316 e. The third-order valence-corrected chi connectivity index (χ3v) is 3.40. The van der Waals surface area contributed by atoms with Gasteiger partial charge in [-0.1, -0.05) is 42.5 Å². The predicted molar refractivity (Wildman–Crippen MR) is 82.7 cm³/mol. The fraction of sp³-hybridized carbons (Fsp3) is 0.176. The number of amides is 1. The lowest BCUT2D eigenvalue weighted by molar-refractivity contribution is -0.145. The van der Waals surface area contributed by atoms with Crippen molar-refractivity contribution in [3.63, 3.8) is 0 Å². The number of carboxylic acids is 1. The average Bonchev–Trinajstić information content (AvgIpc) is 2.49. The van der Waals surface area contributed by atoms with Gasteiger partial charge in [0, 0.05) is 0 Å². The summed E-state index contributed by atoms with van der Waals surface area (Å²) in [5.74, 6) is -3.16. The zero-order valence-electron chi connectivity index (χ0n) is 12.1. The second-order valence-electron chi connectivity index (χ2n) is 5.04. The monoisotopic (exact) mass is 299 g/mol. The fourth-order valence-electron chi connectivity index (χ4n) is 2.17. The van der Waals surface area contributed by atoms with Gasteiger partial charge in [-0.25, -0.2) is 0 Å². The maximum absolute atomic E-state index is 12.3. The lowest BCUT2D eigenvalue weighted by Gasteiger charge is -2.15. The van der Waals surface area contributed by atoms with Gasteiger partial charge in [0.2, 0.25) is 5.91 Å². The molecule has 0 aliphatic carbocycles. The number of aliphatic carboxylic acids is 1. The number of hydrogen-bond donors (Lipinski definition) is 3. The normalized spacial score (nSPS) is 11.7. The molecule has 0 aliphatic rings. The molecule has 0 aromatic heterocycles. The van der Waals surface area contributed by atoms with Gasteiger partial charge in [-0.05, 0) is 30.5 Å². The quantitative estimate of drug-likeness (QED) is 0.585. The van der Waals surface area contributed by atoms with Crippen LogP contribution in [0.3, 0.4) is 0 Å². The van der Waals surface area contributed by atoms with Crippen molar-refractivity contribution in [3.05, 3.63) is 59.7 Å². The predicted octanol–water partition coefficient (Wildman–Crippen LogP) is 2.58. The van der Waals surface area contributed by atoms with Crippen molar-refractivity contribution in [1.82, 2.24) is 0 Å². The molecule has 0 bridgehead atoms. The topological polar surface area (TPSA) is 86.6 Å². The number of anilines is 1. The highest BCUT2D eigenvalue weighted by molar-refractivity contribution is 6.05. The van der Waals surface area contributed by atoms with Gasteiger partial charge >= 0.3 is 5.97 Å². The molecule has 0 saturated carbocycles. The Kier molecular flexibility index (Phi) is 4.78. The lowest BCUT2D eigenvalue weighted by Crippen LogP contribution is -2.31. The zero-order chi connectivity index (χ0) is 16.1. The van der Waals surface area contributed by atoms with E-state index in [4.69, 9.17) is 0 Å². The van der Waals surface area contributed by atoms with Gasteiger partial charge < -0.3 is 15.5 Å². The van der Waals surface area contributed by atoms with Crippen molar-refractivity contribution in [2.45, 2.75) is 13.3 Å².